The van der Waals surface area contributed by atoms with E-state index in [1.54, 1.807) is 23.5 Å². The first-order valence-corrected chi connectivity index (χ1v) is 11.9. The van der Waals surface area contributed by atoms with Crippen molar-refractivity contribution in [3.05, 3.63) is 54.0 Å². The van der Waals surface area contributed by atoms with Gasteiger partial charge in [-0.15, -0.1) is 5.10 Å². The van der Waals surface area contributed by atoms with Gasteiger partial charge in [0.1, 0.15) is 11.4 Å². The monoisotopic (exact) mass is 488 g/mol. The molecular formula is C26H32N8O2. The van der Waals surface area contributed by atoms with Crippen molar-refractivity contribution in [2.24, 2.45) is 0 Å². The largest absolute Gasteiger partial charge is 0.444 e. The molecule has 188 valence electrons. The third kappa shape index (κ3) is 6.12. The predicted molar refractivity (Wildman–Crippen MR) is 140 cm³/mol. The Bertz CT molecular complexity index is 1290. The van der Waals surface area contributed by atoms with Gasteiger partial charge in [0, 0.05) is 42.8 Å². The van der Waals surface area contributed by atoms with E-state index in [9.17, 15) is 4.79 Å². The maximum absolute atomic E-state index is 12.1. The number of ether oxygens (including phenoxy) is 1. The van der Waals surface area contributed by atoms with Crippen LogP contribution in [0.15, 0.2) is 42.9 Å². The third-order valence-electron chi connectivity index (χ3n) is 5.63. The second-order valence-corrected chi connectivity index (χ2v) is 10.1. The summed E-state index contributed by atoms with van der Waals surface area (Å²) in [5.41, 5.74) is 3.44. The Morgan fingerprint density at radius 1 is 1.17 bits per heavy atom. The molecule has 3 N–H and O–H groups in total. The molecule has 0 unspecified atom stereocenters. The minimum absolute atomic E-state index is 0.0949. The van der Waals surface area contributed by atoms with E-state index in [0.29, 0.717) is 41.7 Å². The number of hydrogen-bond acceptors (Lipinski definition) is 9. The quantitative estimate of drug-likeness (QED) is 0.415. The summed E-state index contributed by atoms with van der Waals surface area (Å²) in [5, 5.41) is 22.6. The molecule has 4 heterocycles. The number of amides is 1. The highest BCUT2D eigenvalue weighted by Crippen LogP contribution is 2.22. The van der Waals surface area contributed by atoms with Gasteiger partial charge in [-0.05, 0) is 56.5 Å². The van der Waals surface area contributed by atoms with E-state index in [2.05, 4.69) is 44.6 Å². The summed E-state index contributed by atoms with van der Waals surface area (Å²) in [5.74, 6) is 1.60. The van der Waals surface area contributed by atoms with Crippen LogP contribution >= 0.6 is 0 Å². The van der Waals surface area contributed by atoms with Crippen LogP contribution in [-0.4, -0.2) is 62.1 Å². The first-order chi connectivity index (χ1) is 17.1. The fourth-order valence-electron chi connectivity index (χ4n) is 3.60. The van der Waals surface area contributed by atoms with Gasteiger partial charge >= 0.3 is 6.09 Å². The number of nitrogens with zero attached hydrogens (tertiary/aromatic N) is 5. The summed E-state index contributed by atoms with van der Waals surface area (Å²) in [7, 11) is 0. The number of allylic oxidation sites excluding steroid dienone is 1. The van der Waals surface area contributed by atoms with E-state index < -0.39 is 5.60 Å². The van der Waals surface area contributed by atoms with Gasteiger partial charge in [-0.25, -0.2) is 9.78 Å². The number of likely N-dealkylation sites (tertiary alicyclic amines) is 1. The third-order valence-corrected chi connectivity index (χ3v) is 5.63. The summed E-state index contributed by atoms with van der Waals surface area (Å²) in [6.45, 7) is 10.9. The van der Waals surface area contributed by atoms with Crippen molar-refractivity contribution in [2.75, 3.05) is 18.4 Å². The zero-order valence-electron chi connectivity index (χ0n) is 21.2. The van der Waals surface area contributed by atoms with Crippen LogP contribution in [0.3, 0.4) is 0 Å². The lowest BCUT2D eigenvalue weighted by atomic mass is 10.1. The number of carbonyl (C=O) groups excluding carboxylic acids is 1. The number of pyridine rings is 2. The maximum Gasteiger partial charge on any atom is 0.410 e. The van der Waals surface area contributed by atoms with Crippen LogP contribution in [0.2, 0.25) is 0 Å². The Morgan fingerprint density at radius 2 is 1.94 bits per heavy atom. The van der Waals surface area contributed by atoms with Gasteiger partial charge in [-0.2, -0.15) is 5.10 Å². The standard InChI is InChI=1S/C26H32N8O2/c1-16(2)17-9-24(33-30-13-17)32-23-7-6-21-22(31-23)8-18(11-29-21)19(10-27)12-28-20-14-34(15-20)25(35)36-26(3,4)5/h6-13,16,20,27-28H,14-15H2,1-5H3,(H,31,32,33)/b19-12+,27-10?. The number of hydrogen-bond donors (Lipinski definition) is 3. The molecule has 1 fully saturated rings. The highest BCUT2D eigenvalue weighted by atomic mass is 16.6. The van der Waals surface area contributed by atoms with Crippen LogP contribution in [0.1, 0.15) is 51.7 Å². The molecule has 3 aromatic rings. The molecule has 0 aliphatic carbocycles. The van der Waals surface area contributed by atoms with Crippen LogP contribution < -0.4 is 10.6 Å². The molecule has 1 aliphatic rings. The summed E-state index contributed by atoms with van der Waals surface area (Å²) < 4.78 is 5.39. The zero-order chi connectivity index (χ0) is 25.9. The normalized spacial score (nSPS) is 14.5. The molecule has 1 saturated heterocycles. The first kappa shape index (κ1) is 25.0. The fraction of sp³-hybridized carbons (Fsp3) is 0.385. The van der Waals surface area contributed by atoms with Crippen LogP contribution in [-0.2, 0) is 4.74 Å². The highest BCUT2D eigenvalue weighted by molar-refractivity contribution is 6.08. The number of fused-ring (bicyclic) bond motifs is 1. The van der Waals surface area contributed by atoms with E-state index in [-0.39, 0.29) is 12.1 Å². The molecule has 4 rings (SSSR count). The zero-order valence-corrected chi connectivity index (χ0v) is 21.2. The minimum atomic E-state index is -0.513. The van der Waals surface area contributed by atoms with E-state index in [1.807, 2.05) is 45.0 Å². The van der Waals surface area contributed by atoms with Gasteiger partial charge in [-0.3, -0.25) is 4.98 Å². The number of rotatable bonds is 7. The lowest BCUT2D eigenvalue weighted by Crippen LogP contribution is -2.59. The van der Waals surface area contributed by atoms with Crippen molar-refractivity contribution in [3.8, 4) is 0 Å². The van der Waals surface area contributed by atoms with Gasteiger partial charge < -0.3 is 25.7 Å². The van der Waals surface area contributed by atoms with Crippen LogP contribution in [0.5, 0.6) is 0 Å². The van der Waals surface area contributed by atoms with Crippen molar-refractivity contribution in [2.45, 2.75) is 52.2 Å². The van der Waals surface area contributed by atoms with E-state index in [4.69, 9.17) is 10.1 Å². The lowest BCUT2D eigenvalue weighted by Gasteiger charge is -2.39. The molecule has 10 nitrogen and oxygen atoms in total. The van der Waals surface area contributed by atoms with E-state index in [1.165, 1.54) is 6.21 Å². The summed E-state index contributed by atoms with van der Waals surface area (Å²) in [6.07, 6.45) is 6.23. The van der Waals surface area contributed by atoms with Crippen molar-refractivity contribution < 1.29 is 9.53 Å². The average molecular weight is 489 g/mol. The minimum Gasteiger partial charge on any atom is -0.444 e. The number of nitrogens with one attached hydrogen (secondary N) is 3. The number of carbonyl (C=O) groups is 1. The summed E-state index contributed by atoms with van der Waals surface area (Å²) in [4.78, 5) is 23.0. The average Bonchev–Trinajstić information content (AvgIpc) is 2.79. The van der Waals surface area contributed by atoms with Crippen molar-refractivity contribution in [3.63, 3.8) is 0 Å². The highest BCUT2D eigenvalue weighted by Gasteiger charge is 2.33. The first-order valence-electron chi connectivity index (χ1n) is 11.9. The Morgan fingerprint density at radius 3 is 2.64 bits per heavy atom. The van der Waals surface area contributed by atoms with Crippen molar-refractivity contribution >= 4 is 40.6 Å². The van der Waals surface area contributed by atoms with Crippen LogP contribution in [0, 0.1) is 5.41 Å². The Hall–Kier alpha value is -4.08. The molecule has 1 amide bonds. The van der Waals surface area contributed by atoms with Crippen molar-refractivity contribution in [1.29, 1.82) is 5.41 Å². The maximum atomic E-state index is 12.1. The molecule has 1 aliphatic heterocycles. The molecule has 0 radical (unpaired) electrons. The van der Waals surface area contributed by atoms with E-state index >= 15 is 0 Å². The smallest absolute Gasteiger partial charge is 0.410 e. The number of anilines is 2. The van der Waals surface area contributed by atoms with Gasteiger partial charge in [-0.1, -0.05) is 13.8 Å². The molecule has 0 aromatic carbocycles. The molecular weight excluding hydrogens is 456 g/mol. The molecule has 3 aromatic heterocycles. The molecule has 0 saturated carbocycles. The summed E-state index contributed by atoms with van der Waals surface area (Å²) in [6, 6.07) is 7.69. The predicted octanol–water partition coefficient (Wildman–Crippen LogP) is 4.49. The van der Waals surface area contributed by atoms with E-state index in [0.717, 1.165) is 16.6 Å². The Kier molecular flexibility index (Phi) is 7.14. The molecule has 0 atom stereocenters. The van der Waals surface area contributed by atoms with Gasteiger partial charge in [0.2, 0.25) is 0 Å². The SMILES string of the molecule is CC(C)c1cnnc(Nc2ccc3ncc(/C(C=N)=C/NC4CN(C(=O)OC(C)(C)C)C4)cc3n2)c1. The number of aromatic nitrogens is 4. The van der Waals surface area contributed by atoms with Crippen molar-refractivity contribution in [1.82, 2.24) is 30.4 Å². The second kappa shape index (κ2) is 10.3. The lowest BCUT2D eigenvalue weighted by molar-refractivity contribution is 0.00662. The topological polar surface area (TPSA) is 129 Å². The fourth-order valence-corrected chi connectivity index (χ4v) is 3.60. The second-order valence-electron chi connectivity index (χ2n) is 10.1. The summed E-state index contributed by atoms with van der Waals surface area (Å²) >= 11 is 0. The molecule has 0 spiro atoms. The van der Waals surface area contributed by atoms with Crippen LogP contribution in [0.4, 0.5) is 16.4 Å². The molecule has 10 heteroatoms. The van der Waals surface area contributed by atoms with Gasteiger partial charge in [0.05, 0.1) is 23.3 Å². The molecule has 36 heavy (non-hydrogen) atoms. The van der Waals surface area contributed by atoms with Gasteiger partial charge in [0.15, 0.2) is 5.82 Å². The Balaban J connectivity index is 1.44. The van der Waals surface area contributed by atoms with Gasteiger partial charge in [0.25, 0.3) is 0 Å². The molecule has 0 bridgehead atoms. The Labute approximate surface area is 210 Å². The van der Waals surface area contributed by atoms with Crippen LogP contribution in [0.25, 0.3) is 16.6 Å².